The lowest BCUT2D eigenvalue weighted by atomic mass is 10.1. The first-order valence-corrected chi connectivity index (χ1v) is 6.61. The molecule has 1 heterocycles. The number of halogens is 1. The van der Waals surface area contributed by atoms with Gasteiger partial charge in [-0.2, -0.15) is 0 Å². The second-order valence-electron chi connectivity index (χ2n) is 4.24. The molecular formula is C14H14ClN3O3. The Hall–Kier alpha value is -2.34. The zero-order valence-corrected chi connectivity index (χ0v) is 12.1. The maximum Gasteiger partial charge on any atom is 0.354 e. The van der Waals surface area contributed by atoms with Gasteiger partial charge in [-0.15, -0.1) is 0 Å². The van der Waals surface area contributed by atoms with Crippen LogP contribution in [-0.2, 0) is 6.42 Å². The summed E-state index contributed by atoms with van der Waals surface area (Å²) < 4.78 is 5.09. The molecule has 1 aromatic carbocycles. The van der Waals surface area contributed by atoms with Crippen molar-refractivity contribution in [2.75, 3.05) is 19.0 Å². The Morgan fingerprint density at radius 2 is 2.05 bits per heavy atom. The van der Waals surface area contributed by atoms with Crippen molar-refractivity contribution in [3.63, 3.8) is 0 Å². The van der Waals surface area contributed by atoms with Gasteiger partial charge in [-0.1, -0.05) is 12.1 Å². The van der Waals surface area contributed by atoms with Gasteiger partial charge < -0.3 is 15.2 Å². The monoisotopic (exact) mass is 307 g/mol. The van der Waals surface area contributed by atoms with E-state index in [4.69, 9.17) is 21.4 Å². The van der Waals surface area contributed by atoms with Gasteiger partial charge in [-0.05, 0) is 35.7 Å². The van der Waals surface area contributed by atoms with E-state index in [0.29, 0.717) is 12.4 Å². The van der Waals surface area contributed by atoms with Gasteiger partial charge >= 0.3 is 5.97 Å². The first kappa shape index (κ1) is 15.1. The highest BCUT2D eigenvalue weighted by molar-refractivity contribution is 6.28. The van der Waals surface area contributed by atoms with Crippen molar-refractivity contribution in [1.82, 2.24) is 9.97 Å². The lowest BCUT2D eigenvalue weighted by molar-refractivity contribution is 0.0690. The fraction of sp³-hybridized carbons (Fsp3) is 0.214. The van der Waals surface area contributed by atoms with Crippen molar-refractivity contribution < 1.29 is 14.6 Å². The van der Waals surface area contributed by atoms with Crippen molar-refractivity contribution in [3.05, 3.63) is 46.9 Å². The summed E-state index contributed by atoms with van der Waals surface area (Å²) in [6.45, 7) is 0.596. The number of carbonyl (C=O) groups is 1. The largest absolute Gasteiger partial charge is 0.497 e. The standard InChI is InChI=1S/C14H14ClN3O3/c1-21-10-4-2-9(3-5-10)6-7-16-12-8-11(13(19)20)17-14(15)18-12/h2-5,8H,6-7H2,1H3,(H,19,20)(H,16,17,18). The molecule has 0 aliphatic heterocycles. The molecule has 110 valence electrons. The van der Waals surface area contributed by atoms with E-state index in [1.165, 1.54) is 6.07 Å². The molecule has 21 heavy (non-hydrogen) atoms. The molecule has 0 amide bonds. The lowest BCUT2D eigenvalue weighted by Gasteiger charge is -2.07. The predicted octanol–water partition coefficient (Wildman–Crippen LogP) is 2.49. The van der Waals surface area contributed by atoms with Gasteiger partial charge in [0.25, 0.3) is 0 Å². The molecule has 2 rings (SSSR count). The number of hydrogen-bond donors (Lipinski definition) is 2. The van der Waals surface area contributed by atoms with Gasteiger partial charge in [0.2, 0.25) is 5.28 Å². The Morgan fingerprint density at radius 3 is 2.67 bits per heavy atom. The van der Waals surface area contributed by atoms with E-state index in [9.17, 15) is 4.79 Å². The van der Waals surface area contributed by atoms with Gasteiger partial charge in [0.05, 0.1) is 7.11 Å². The van der Waals surface area contributed by atoms with Gasteiger partial charge in [0.15, 0.2) is 5.69 Å². The molecule has 0 atom stereocenters. The molecule has 0 unspecified atom stereocenters. The number of hydrogen-bond acceptors (Lipinski definition) is 5. The van der Waals surface area contributed by atoms with Crippen molar-refractivity contribution in [2.24, 2.45) is 0 Å². The van der Waals surface area contributed by atoms with Gasteiger partial charge in [-0.3, -0.25) is 0 Å². The van der Waals surface area contributed by atoms with Gasteiger partial charge in [0, 0.05) is 12.6 Å². The number of aromatic nitrogens is 2. The van der Waals surface area contributed by atoms with Crippen molar-refractivity contribution >= 4 is 23.4 Å². The molecule has 7 heteroatoms. The summed E-state index contributed by atoms with van der Waals surface area (Å²) in [7, 11) is 1.62. The number of nitrogens with zero attached hydrogens (tertiary/aromatic N) is 2. The summed E-state index contributed by atoms with van der Waals surface area (Å²) >= 11 is 5.68. The second kappa shape index (κ2) is 6.90. The summed E-state index contributed by atoms with van der Waals surface area (Å²) in [4.78, 5) is 18.4. The van der Waals surface area contributed by atoms with Crippen molar-refractivity contribution in [1.29, 1.82) is 0 Å². The third kappa shape index (κ3) is 4.32. The van der Waals surface area contributed by atoms with E-state index in [-0.39, 0.29) is 11.0 Å². The van der Waals surface area contributed by atoms with E-state index < -0.39 is 5.97 Å². The van der Waals surface area contributed by atoms with E-state index in [1.54, 1.807) is 7.11 Å². The van der Waals surface area contributed by atoms with E-state index in [1.807, 2.05) is 24.3 Å². The fourth-order valence-corrected chi connectivity index (χ4v) is 1.93. The number of methoxy groups -OCH3 is 1. The van der Waals surface area contributed by atoms with Crippen LogP contribution in [0.25, 0.3) is 0 Å². The Morgan fingerprint density at radius 1 is 1.33 bits per heavy atom. The maximum absolute atomic E-state index is 10.9. The third-order valence-electron chi connectivity index (χ3n) is 2.80. The summed E-state index contributed by atoms with van der Waals surface area (Å²) in [6, 6.07) is 9.06. The fourth-order valence-electron chi connectivity index (χ4n) is 1.75. The molecular weight excluding hydrogens is 294 g/mol. The normalized spacial score (nSPS) is 10.2. The van der Waals surface area contributed by atoms with Crippen LogP contribution in [0.1, 0.15) is 16.1 Å². The van der Waals surface area contributed by atoms with Crippen molar-refractivity contribution in [2.45, 2.75) is 6.42 Å². The van der Waals surface area contributed by atoms with Crippen molar-refractivity contribution in [3.8, 4) is 5.75 Å². The number of ether oxygens (including phenoxy) is 1. The summed E-state index contributed by atoms with van der Waals surface area (Å²) in [5, 5.41) is 11.8. The molecule has 6 nitrogen and oxygen atoms in total. The van der Waals surface area contributed by atoms with Crippen LogP contribution in [0.4, 0.5) is 5.82 Å². The Balaban J connectivity index is 1.95. The van der Waals surface area contributed by atoms with Crippen LogP contribution in [-0.4, -0.2) is 34.7 Å². The molecule has 0 bridgehead atoms. The topological polar surface area (TPSA) is 84.3 Å². The first-order valence-electron chi connectivity index (χ1n) is 6.23. The average molecular weight is 308 g/mol. The zero-order chi connectivity index (χ0) is 15.2. The highest BCUT2D eigenvalue weighted by Crippen LogP contribution is 2.13. The number of carboxylic acid groups (broad SMARTS) is 1. The molecule has 0 aliphatic carbocycles. The molecule has 0 aliphatic rings. The van der Waals surface area contributed by atoms with Gasteiger partial charge in [0.1, 0.15) is 11.6 Å². The van der Waals surface area contributed by atoms with Crippen LogP contribution in [0.3, 0.4) is 0 Å². The molecule has 2 aromatic rings. The van der Waals surface area contributed by atoms with Crippen LogP contribution < -0.4 is 10.1 Å². The smallest absolute Gasteiger partial charge is 0.354 e. The number of benzene rings is 1. The summed E-state index contributed by atoms with van der Waals surface area (Å²) in [5.41, 5.74) is 0.990. The van der Waals surface area contributed by atoms with Crippen LogP contribution in [0.5, 0.6) is 5.75 Å². The molecule has 0 saturated heterocycles. The summed E-state index contributed by atoms with van der Waals surface area (Å²) in [5.74, 6) is 0.0545. The highest BCUT2D eigenvalue weighted by atomic mass is 35.5. The number of aromatic carboxylic acids is 1. The number of carboxylic acids is 1. The number of rotatable bonds is 6. The van der Waals surface area contributed by atoms with Crippen LogP contribution in [0.2, 0.25) is 5.28 Å². The molecule has 0 saturated carbocycles. The second-order valence-corrected chi connectivity index (χ2v) is 4.58. The predicted molar refractivity (Wildman–Crippen MR) is 79.2 cm³/mol. The van der Waals surface area contributed by atoms with Crippen LogP contribution >= 0.6 is 11.6 Å². The molecule has 2 N–H and O–H groups in total. The van der Waals surface area contributed by atoms with E-state index in [0.717, 1.165) is 17.7 Å². The zero-order valence-electron chi connectivity index (χ0n) is 11.3. The maximum atomic E-state index is 10.9. The van der Waals surface area contributed by atoms with Crippen LogP contribution in [0, 0.1) is 0 Å². The lowest BCUT2D eigenvalue weighted by Crippen LogP contribution is -2.09. The third-order valence-corrected chi connectivity index (χ3v) is 2.97. The Kier molecular flexibility index (Phi) is 4.94. The Labute approximate surface area is 126 Å². The highest BCUT2D eigenvalue weighted by Gasteiger charge is 2.09. The molecule has 0 radical (unpaired) electrons. The minimum absolute atomic E-state index is 0.0955. The van der Waals surface area contributed by atoms with Crippen LogP contribution in [0.15, 0.2) is 30.3 Å². The quantitative estimate of drug-likeness (QED) is 0.798. The molecule has 0 spiro atoms. The number of nitrogens with one attached hydrogen (secondary N) is 1. The minimum atomic E-state index is -1.14. The number of anilines is 1. The summed E-state index contributed by atoms with van der Waals surface area (Å²) in [6.07, 6.45) is 0.758. The molecule has 1 aromatic heterocycles. The minimum Gasteiger partial charge on any atom is -0.497 e. The SMILES string of the molecule is COc1ccc(CCNc2cc(C(=O)O)nc(Cl)n2)cc1. The first-order chi connectivity index (χ1) is 10.1. The van der Waals surface area contributed by atoms with Gasteiger partial charge in [-0.25, -0.2) is 14.8 Å². The Bertz CT molecular complexity index is 632. The average Bonchev–Trinajstić information content (AvgIpc) is 2.47. The van der Waals surface area contributed by atoms with E-state index in [2.05, 4.69) is 15.3 Å². The van der Waals surface area contributed by atoms with E-state index >= 15 is 0 Å². The molecule has 0 fully saturated rings.